The highest BCUT2D eigenvalue weighted by Crippen LogP contribution is 2.34. The van der Waals surface area contributed by atoms with Gasteiger partial charge in [-0.15, -0.1) is 0 Å². The molecule has 2 N–H and O–H groups in total. The van der Waals surface area contributed by atoms with Gasteiger partial charge < -0.3 is 15.5 Å². The zero-order chi connectivity index (χ0) is 25.8. The van der Waals surface area contributed by atoms with Crippen LogP contribution in [0.5, 0.6) is 0 Å². The first-order chi connectivity index (χ1) is 17.2. The fourth-order valence-electron chi connectivity index (χ4n) is 4.51. The van der Waals surface area contributed by atoms with E-state index in [9.17, 15) is 4.79 Å². The Labute approximate surface area is 218 Å². The summed E-state index contributed by atoms with van der Waals surface area (Å²) in [6, 6.07) is 21.9. The van der Waals surface area contributed by atoms with E-state index in [1.807, 2.05) is 51.4 Å². The molecular weight excluding hydrogens is 464 g/mol. The van der Waals surface area contributed by atoms with Crippen LogP contribution in [0.3, 0.4) is 0 Å². The molecule has 1 aliphatic rings. The molecule has 4 rings (SSSR count). The molecule has 6 heteroatoms. The van der Waals surface area contributed by atoms with E-state index in [0.29, 0.717) is 5.57 Å². The summed E-state index contributed by atoms with van der Waals surface area (Å²) in [4.78, 5) is 20.6. The first kappa shape index (κ1) is 25.6. The Morgan fingerprint density at radius 2 is 1.61 bits per heavy atom. The van der Waals surface area contributed by atoms with Crippen molar-refractivity contribution < 1.29 is 4.79 Å². The van der Waals surface area contributed by atoms with E-state index in [0.717, 1.165) is 33.6 Å². The van der Waals surface area contributed by atoms with E-state index in [1.54, 1.807) is 11.8 Å². The first-order valence-electron chi connectivity index (χ1n) is 12.1. The van der Waals surface area contributed by atoms with Crippen LogP contribution in [0, 0.1) is 20.8 Å². The molecule has 0 unspecified atom stereocenters. The Morgan fingerprint density at radius 3 is 2.22 bits per heavy atom. The van der Waals surface area contributed by atoms with Gasteiger partial charge in [0.1, 0.15) is 6.04 Å². The molecule has 0 bridgehead atoms. The summed E-state index contributed by atoms with van der Waals surface area (Å²) in [5, 5.41) is 7.27. The molecule has 1 amide bonds. The van der Waals surface area contributed by atoms with Crippen molar-refractivity contribution in [3.8, 4) is 0 Å². The second-order valence-electron chi connectivity index (χ2n) is 9.47. The molecule has 0 fully saturated rings. The maximum atomic E-state index is 13.5. The second kappa shape index (κ2) is 11.0. The smallest absolute Gasteiger partial charge is 0.255 e. The van der Waals surface area contributed by atoms with Crippen molar-refractivity contribution in [3.05, 3.63) is 106 Å². The van der Waals surface area contributed by atoms with Gasteiger partial charge in [0.25, 0.3) is 5.91 Å². The maximum absolute atomic E-state index is 13.5. The third kappa shape index (κ3) is 5.82. The average Bonchev–Trinajstić information content (AvgIpc) is 2.83. The summed E-state index contributed by atoms with van der Waals surface area (Å²) >= 11 is 1.68. The molecule has 3 aromatic rings. The first-order valence-corrected chi connectivity index (χ1v) is 13.1. The monoisotopic (exact) mass is 498 g/mol. The van der Waals surface area contributed by atoms with Gasteiger partial charge in [0.2, 0.25) is 0 Å². The van der Waals surface area contributed by atoms with Crippen LogP contribution in [0.25, 0.3) is 0 Å². The van der Waals surface area contributed by atoms with E-state index >= 15 is 0 Å². The van der Waals surface area contributed by atoms with E-state index < -0.39 is 6.04 Å². The summed E-state index contributed by atoms with van der Waals surface area (Å²) in [6.07, 6.45) is 0. The van der Waals surface area contributed by atoms with Crippen molar-refractivity contribution in [2.24, 2.45) is 4.99 Å². The molecule has 36 heavy (non-hydrogen) atoms. The number of aryl methyl sites for hydroxylation is 3. The van der Waals surface area contributed by atoms with Gasteiger partial charge in [0.15, 0.2) is 5.17 Å². The second-order valence-corrected chi connectivity index (χ2v) is 10.4. The molecule has 0 aromatic heterocycles. The van der Waals surface area contributed by atoms with Crippen molar-refractivity contribution in [2.75, 3.05) is 24.3 Å². The number of allylic oxidation sites excluding steroid dienone is 1. The maximum Gasteiger partial charge on any atom is 0.255 e. The van der Waals surface area contributed by atoms with Crippen molar-refractivity contribution in [2.45, 2.75) is 39.5 Å². The highest BCUT2D eigenvalue weighted by Gasteiger charge is 2.29. The predicted octanol–water partition coefficient (Wildman–Crippen LogP) is 6.52. The Kier molecular flexibility index (Phi) is 7.85. The van der Waals surface area contributed by atoms with Gasteiger partial charge in [-0.2, -0.15) is 0 Å². The van der Waals surface area contributed by atoms with Crippen LogP contribution >= 0.6 is 11.8 Å². The number of hydrogen-bond acceptors (Lipinski definition) is 5. The van der Waals surface area contributed by atoms with Gasteiger partial charge in [0, 0.05) is 36.9 Å². The largest absolute Gasteiger partial charge is 0.378 e. The van der Waals surface area contributed by atoms with E-state index in [4.69, 9.17) is 4.99 Å². The molecule has 1 aliphatic heterocycles. The Bertz CT molecular complexity index is 1290. The van der Waals surface area contributed by atoms with Gasteiger partial charge in [-0.3, -0.25) is 4.79 Å². The molecule has 0 radical (unpaired) electrons. The number of nitrogens with one attached hydrogen (secondary N) is 2. The summed E-state index contributed by atoms with van der Waals surface area (Å²) in [6.45, 7) is 8.42. The zero-order valence-electron chi connectivity index (χ0n) is 21.8. The third-order valence-corrected chi connectivity index (χ3v) is 7.33. The lowest BCUT2D eigenvalue weighted by Gasteiger charge is -2.27. The lowest BCUT2D eigenvalue weighted by molar-refractivity contribution is -0.113. The number of amides is 1. The molecule has 0 spiro atoms. The number of aliphatic imine (C=N–C) groups is 1. The SMILES string of the molecule is CC1=C(C(=O)Nc2ccccc2)[C@H](c2ccc(N(C)C)cc2)N=C(SCc2c(C)cc(C)cc2C)N1. The third-order valence-electron chi connectivity index (χ3n) is 6.41. The Morgan fingerprint density at radius 1 is 0.972 bits per heavy atom. The van der Waals surface area contributed by atoms with Gasteiger partial charge in [-0.25, -0.2) is 4.99 Å². The van der Waals surface area contributed by atoms with E-state index in [1.165, 1.54) is 22.3 Å². The highest BCUT2D eigenvalue weighted by molar-refractivity contribution is 8.13. The molecule has 186 valence electrons. The number of hydrogen-bond donors (Lipinski definition) is 2. The van der Waals surface area contributed by atoms with Crippen LogP contribution in [0.2, 0.25) is 0 Å². The number of carbonyl (C=O) groups excluding carboxylic acids is 1. The van der Waals surface area contributed by atoms with Crippen LogP contribution < -0.4 is 15.5 Å². The summed E-state index contributed by atoms with van der Waals surface area (Å²) in [7, 11) is 4.04. The minimum atomic E-state index is -0.395. The molecule has 0 saturated heterocycles. The zero-order valence-corrected chi connectivity index (χ0v) is 22.7. The number of anilines is 2. The molecule has 5 nitrogen and oxygen atoms in total. The van der Waals surface area contributed by atoms with Gasteiger partial charge >= 0.3 is 0 Å². The van der Waals surface area contributed by atoms with Crippen molar-refractivity contribution in [1.82, 2.24) is 5.32 Å². The number of thioether (sulfide) groups is 1. The molecule has 3 aromatic carbocycles. The minimum absolute atomic E-state index is 0.147. The lowest BCUT2D eigenvalue weighted by atomic mass is 9.95. The highest BCUT2D eigenvalue weighted by atomic mass is 32.2. The normalized spacial score (nSPS) is 15.3. The summed E-state index contributed by atoms with van der Waals surface area (Å²) < 4.78 is 0. The Hall–Kier alpha value is -3.51. The van der Waals surface area contributed by atoms with Gasteiger partial charge in [-0.05, 0) is 74.2 Å². The number of amidine groups is 1. The quantitative estimate of drug-likeness (QED) is 0.406. The predicted molar refractivity (Wildman–Crippen MR) is 154 cm³/mol. The van der Waals surface area contributed by atoms with Crippen molar-refractivity contribution >= 4 is 34.2 Å². The van der Waals surface area contributed by atoms with Crippen LogP contribution in [-0.4, -0.2) is 25.2 Å². The van der Waals surface area contributed by atoms with Gasteiger partial charge in [0.05, 0.1) is 5.57 Å². The molecule has 0 saturated carbocycles. The standard InChI is InChI=1S/C30H34N4OS/c1-19-16-20(2)26(21(3)17-19)18-36-30-31-22(4)27(29(35)32-24-10-8-7-9-11-24)28(33-30)23-12-14-25(15-13-23)34(5)6/h7-17,28H,18H2,1-6H3,(H,31,33)(H,32,35)/t28-/m0/s1. The van der Waals surface area contributed by atoms with E-state index in [-0.39, 0.29) is 5.91 Å². The fourth-order valence-corrected chi connectivity index (χ4v) is 5.65. The number of carbonyl (C=O) groups is 1. The van der Waals surface area contributed by atoms with Crippen LogP contribution in [-0.2, 0) is 10.5 Å². The number of nitrogens with zero attached hydrogens (tertiary/aromatic N) is 2. The van der Waals surface area contributed by atoms with Gasteiger partial charge in [-0.1, -0.05) is 59.8 Å². The molecule has 1 heterocycles. The summed E-state index contributed by atoms with van der Waals surface area (Å²) in [5.41, 5.74) is 9.50. The van der Waals surface area contributed by atoms with Crippen LogP contribution in [0.1, 0.15) is 40.8 Å². The molecular formula is C30H34N4OS. The molecule has 0 aliphatic carbocycles. The number of para-hydroxylation sites is 1. The number of benzene rings is 3. The summed E-state index contributed by atoms with van der Waals surface area (Å²) in [5.74, 6) is 0.667. The Balaban J connectivity index is 1.64. The van der Waals surface area contributed by atoms with Crippen LogP contribution in [0.15, 0.2) is 83.0 Å². The fraction of sp³-hybridized carbons (Fsp3) is 0.267. The average molecular weight is 499 g/mol. The molecule has 1 atom stereocenters. The van der Waals surface area contributed by atoms with Crippen LogP contribution in [0.4, 0.5) is 11.4 Å². The number of rotatable bonds is 6. The minimum Gasteiger partial charge on any atom is -0.378 e. The van der Waals surface area contributed by atoms with Crippen molar-refractivity contribution in [3.63, 3.8) is 0 Å². The lowest BCUT2D eigenvalue weighted by Crippen LogP contribution is -2.32. The van der Waals surface area contributed by atoms with E-state index in [2.05, 4.69) is 72.7 Å². The van der Waals surface area contributed by atoms with Crippen molar-refractivity contribution in [1.29, 1.82) is 0 Å². The topological polar surface area (TPSA) is 56.7 Å².